The molecule has 1 unspecified atom stereocenters. The Balaban J connectivity index is 0.00000261. The molecular formula is C20H24ClN3O3. The molecule has 2 amide bonds. The van der Waals surface area contributed by atoms with Gasteiger partial charge in [0.25, 0.3) is 0 Å². The van der Waals surface area contributed by atoms with Gasteiger partial charge in [-0.25, -0.2) is 0 Å². The predicted molar refractivity (Wildman–Crippen MR) is 109 cm³/mol. The molecule has 2 aromatic carbocycles. The van der Waals surface area contributed by atoms with Crippen LogP contribution in [-0.4, -0.2) is 31.5 Å². The lowest BCUT2D eigenvalue weighted by Crippen LogP contribution is -2.37. The van der Waals surface area contributed by atoms with Crippen LogP contribution in [0.5, 0.6) is 5.75 Å². The summed E-state index contributed by atoms with van der Waals surface area (Å²) >= 11 is 0. The molecule has 0 saturated carbocycles. The van der Waals surface area contributed by atoms with Gasteiger partial charge in [-0.1, -0.05) is 30.3 Å². The molecular weight excluding hydrogens is 366 g/mol. The largest absolute Gasteiger partial charge is 0.494 e. The molecule has 0 spiro atoms. The van der Waals surface area contributed by atoms with E-state index < -0.39 is 6.04 Å². The zero-order valence-corrected chi connectivity index (χ0v) is 16.0. The minimum atomic E-state index is -0.650. The molecule has 7 heteroatoms. The minimum Gasteiger partial charge on any atom is -0.494 e. The first-order valence-electron chi connectivity index (χ1n) is 8.67. The highest BCUT2D eigenvalue weighted by Gasteiger charge is 2.24. The Labute approximate surface area is 165 Å². The highest BCUT2D eigenvalue weighted by atomic mass is 35.5. The number of nitrogens with zero attached hydrogens (tertiary/aromatic N) is 1. The quantitative estimate of drug-likeness (QED) is 0.795. The van der Waals surface area contributed by atoms with E-state index in [0.29, 0.717) is 30.8 Å². The van der Waals surface area contributed by atoms with E-state index in [9.17, 15) is 9.59 Å². The van der Waals surface area contributed by atoms with Gasteiger partial charge in [-0.15, -0.1) is 12.4 Å². The lowest BCUT2D eigenvalue weighted by molar-refractivity contribution is -0.118. The standard InChI is InChI=1S/C20H23N3O3.ClH/c1-26-18-13-15(9-10-17(18)23-11-5-8-19(23)24)22-20(25)16(21)12-14-6-3-2-4-7-14;/h2-4,6-7,9-10,13,16H,5,8,11-12,21H2,1H3,(H,22,25);1H. The summed E-state index contributed by atoms with van der Waals surface area (Å²) in [6.07, 6.45) is 1.86. The van der Waals surface area contributed by atoms with Crippen LogP contribution in [0.1, 0.15) is 18.4 Å². The molecule has 1 atom stereocenters. The fraction of sp³-hybridized carbons (Fsp3) is 0.300. The fourth-order valence-electron chi connectivity index (χ4n) is 3.08. The van der Waals surface area contributed by atoms with Gasteiger partial charge in [0.05, 0.1) is 18.8 Å². The van der Waals surface area contributed by atoms with Gasteiger partial charge in [0.1, 0.15) is 5.75 Å². The van der Waals surface area contributed by atoms with Gasteiger partial charge < -0.3 is 20.7 Å². The van der Waals surface area contributed by atoms with Crippen molar-refractivity contribution in [3.05, 3.63) is 54.1 Å². The van der Waals surface area contributed by atoms with Crippen molar-refractivity contribution in [2.45, 2.75) is 25.3 Å². The summed E-state index contributed by atoms with van der Waals surface area (Å²) in [5.41, 5.74) is 8.34. The number of ether oxygens (including phenoxy) is 1. The van der Waals surface area contributed by atoms with E-state index in [0.717, 1.165) is 17.7 Å². The third-order valence-corrected chi connectivity index (χ3v) is 4.45. The SMILES string of the molecule is COc1cc(NC(=O)C(N)Cc2ccccc2)ccc1N1CCCC1=O.Cl. The summed E-state index contributed by atoms with van der Waals surface area (Å²) in [5.74, 6) is 0.376. The van der Waals surface area contributed by atoms with Crippen molar-refractivity contribution in [2.24, 2.45) is 5.73 Å². The Morgan fingerprint density at radius 1 is 1.26 bits per heavy atom. The first-order chi connectivity index (χ1) is 12.6. The molecule has 1 fully saturated rings. The average Bonchev–Trinajstić information content (AvgIpc) is 3.08. The molecule has 1 heterocycles. The van der Waals surface area contributed by atoms with Crippen molar-refractivity contribution >= 4 is 35.6 Å². The molecule has 3 rings (SSSR count). The molecule has 3 N–H and O–H groups in total. The summed E-state index contributed by atoms with van der Waals surface area (Å²) in [7, 11) is 1.55. The van der Waals surface area contributed by atoms with Crippen molar-refractivity contribution in [1.82, 2.24) is 0 Å². The van der Waals surface area contributed by atoms with E-state index in [-0.39, 0.29) is 24.2 Å². The number of hydrogen-bond donors (Lipinski definition) is 2. The van der Waals surface area contributed by atoms with E-state index in [4.69, 9.17) is 10.5 Å². The second-order valence-corrected chi connectivity index (χ2v) is 6.32. The van der Waals surface area contributed by atoms with Crippen LogP contribution in [0.3, 0.4) is 0 Å². The number of carbonyl (C=O) groups excluding carboxylic acids is 2. The summed E-state index contributed by atoms with van der Waals surface area (Å²) < 4.78 is 5.41. The second-order valence-electron chi connectivity index (χ2n) is 6.32. The molecule has 1 saturated heterocycles. The molecule has 27 heavy (non-hydrogen) atoms. The van der Waals surface area contributed by atoms with Gasteiger partial charge in [0.2, 0.25) is 11.8 Å². The van der Waals surface area contributed by atoms with E-state index in [1.165, 1.54) is 0 Å². The highest BCUT2D eigenvalue weighted by molar-refractivity contribution is 5.98. The number of nitrogens with two attached hydrogens (primary N) is 1. The summed E-state index contributed by atoms with van der Waals surface area (Å²) in [5, 5.41) is 2.82. The molecule has 1 aliphatic heterocycles. The zero-order valence-electron chi connectivity index (χ0n) is 15.2. The Hall–Kier alpha value is -2.57. The first kappa shape index (κ1) is 20.7. The molecule has 1 aliphatic rings. The minimum absolute atomic E-state index is 0. The number of amides is 2. The second kappa shape index (κ2) is 9.39. The molecule has 6 nitrogen and oxygen atoms in total. The number of benzene rings is 2. The maximum Gasteiger partial charge on any atom is 0.241 e. The van der Waals surface area contributed by atoms with E-state index >= 15 is 0 Å². The molecule has 0 radical (unpaired) electrons. The number of methoxy groups -OCH3 is 1. The molecule has 0 aromatic heterocycles. The van der Waals surface area contributed by atoms with Gasteiger partial charge in [0, 0.05) is 24.7 Å². The van der Waals surface area contributed by atoms with E-state index in [1.807, 2.05) is 30.3 Å². The highest BCUT2D eigenvalue weighted by Crippen LogP contribution is 2.33. The maximum absolute atomic E-state index is 12.4. The van der Waals surface area contributed by atoms with E-state index in [1.54, 1.807) is 30.2 Å². The zero-order chi connectivity index (χ0) is 18.5. The van der Waals surface area contributed by atoms with Crippen LogP contribution in [0, 0.1) is 0 Å². The van der Waals surface area contributed by atoms with E-state index in [2.05, 4.69) is 5.32 Å². The number of carbonyl (C=O) groups is 2. The monoisotopic (exact) mass is 389 g/mol. The van der Waals surface area contributed by atoms with Crippen molar-refractivity contribution in [2.75, 3.05) is 23.9 Å². The van der Waals surface area contributed by atoms with Crippen LogP contribution in [0.2, 0.25) is 0 Å². The maximum atomic E-state index is 12.4. The van der Waals surface area contributed by atoms with Gasteiger partial charge in [0.15, 0.2) is 0 Å². The molecule has 144 valence electrons. The Bertz CT molecular complexity index is 798. The lowest BCUT2D eigenvalue weighted by atomic mass is 10.1. The van der Waals surface area contributed by atoms with Crippen molar-refractivity contribution in [1.29, 1.82) is 0 Å². The molecule has 0 bridgehead atoms. The molecule has 2 aromatic rings. The van der Waals surface area contributed by atoms with Crippen LogP contribution in [0.15, 0.2) is 48.5 Å². The Morgan fingerprint density at radius 3 is 2.63 bits per heavy atom. The topological polar surface area (TPSA) is 84.7 Å². The van der Waals surface area contributed by atoms with Crippen molar-refractivity contribution in [3.63, 3.8) is 0 Å². The van der Waals surface area contributed by atoms with Gasteiger partial charge in [-0.3, -0.25) is 9.59 Å². The number of rotatable bonds is 6. The van der Waals surface area contributed by atoms with Crippen LogP contribution < -0.4 is 20.7 Å². The number of halogens is 1. The summed E-state index contributed by atoms with van der Waals surface area (Å²) in [6, 6.07) is 14.3. The van der Waals surface area contributed by atoms with Crippen molar-refractivity contribution in [3.8, 4) is 5.75 Å². The number of hydrogen-bond acceptors (Lipinski definition) is 4. The molecule has 0 aliphatic carbocycles. The first-order valence-corrected chi connectivity index (χ1v) is 8.67. The van der Waals surface area contributed by atoms with Gasteiger partial charge in [-0.05, 0) is 30.5 Å². The van der Waals surface area contributed by atoms with Gasteiger partial charge in [-0.2, -0.15) is 0 Å². The lowest BCUT2D eigenvalue weighted by Gasteiger charge is -2.20. The summed E-state index contributed by atoms with van der Waals surface area (Å²) in [4.78, 5) is 26.0. The Morgan fingerprint density at radius 2 is 2.00 bits per heavy atom. The smallest absolute Gasteiger partial charge is 0.241 e. The van der Waals surface area contributed by atoms with Crippen LogP contribution in [0.25, 0.3) is 0 Å². The number of nitrogens with one attached hydrogen (secondary N) is 1. The third kappa shape index (κ3) is 4.99. The predicted octanol–water partition coefficient (Wildman–Crippen LogP) is 2.75. The van der Waals surface area contributed by atoms with Crippen LogP contribution in [0.4, 0.5) is 11.4 Å². The Kier molecular flexibility index (Phi) is 7.21. The summed E-state index contributed by atoms with van der Waals surface area (Å²) in [6.45, 7) is 0.683. The van der Waals surface area contributed by atoms with Crippen molar-refractivity contribution < 1.29 is 14.3 Å². The van der Waals surface area contributed by atoms with Gasteiger partial charge >= 0.3 is 0 Å². The third-order valence-electron chi connectivity index (χ3n) is 4.45. The fourth-order valence-corrected chi connectivity index (χ4v) is 3.08. The average molecular weight is 390 g/mol. The normalized spacial score (nSPS) is 14.4. The van der Waals surface area contributed by atoms with Crippen LogP contribution in [-0.2, 0) is 16.0 Å². The van der Waals surface area contributed by atoms with Crippen LogP contribution >= 0.6 is 12.4 Å². The number of anilines is 2.